The highest BCUT2D eigenvalue weighted by atomic mass is 32.1. The van der Waals surface area contributed by atoms with Crippen LogP contribution in [0.25, 0.3) is 0 Å². The van der Waals surface area contributed by atoms with Crippen LogP contribution < -0.4 is 10.6 Å². The minimum atomic E-state index is -0.0284. The first-order valence-corrected chi connectivity index (χ1v) is 6.24. The van der Waals surface area contributed by atoms with Crippen molar-refractivity contribution in [3.8, 4) is 0 Å². The Labute approximate surface area is 105 Å². The van der Waals surface area contributed by atoms with Crippen LogP contribution in [-0.4, -0.2) is 30.3 Å². The summed E-state index contributed by atoms with van der Waals surface area (Å²) in [5.41, 5.74) is 6.03. The molecule has 0 atom stereocenters. The van der Waals surface area contributed by atoms with Crippen molar-refractivity contribution in [3.05, 3.63) is 10.6 Å². The fraction of sp³-hybridized carbons (Fsp3) is 0.545. The maximum absolute atomic E-state index is 11.7. The Kier molecular flexibility index (Phi) is 4.77. The van der Waals surface area contributed by atoms with Crippen molar-refractivity contribution in [2.24, 2.45) is 5.73 Å². The molecule has 1 rings (SSSR count). The van der Waals surface area contributed by atoms with Gasteiger partial charge in [-0.3, -0.25) is 14.5 Å². The molecule has 1 heterocycles. The first-order chi connectivity index (χ1) is 7.97. The molecule has 0 radical (unpaired) electrons. The van der Waals surface area contributed by atoms with Gasteiger partial charge in [-0.25, -0.2) is 4.98 Å². The Morgan fingerprint density at radius 3 is 2.59 bits per heavy atom. The van der Waals surface area contributed by atoms with E-state index in [9.17, 15) is 9.59 Å². The predicted molar refractivity (Wildman–Crippen MR) is 68.6 cm³/mol. The fourth-order valence-corrected chi connectivity index (χ4v) is 2.32. The molecule has 0 bridgehead atoms. The Morgan fingerprint density at radius 2 is 2.12 bits per heavy atom. The molecule has 0 saturated carbocycles. The van der Waals surface area contributed by atoms with Crippen LogP contribution in [0.1, 0.15) is 35.1 Å². The molecule has 94 valence electrons. The average Bonchev–Trinajstić information content (AvgIpc) is 2.67. The number of anilines is 1. The summed E-state index contributed by atoms with van der Waals surface area (Å²) in [4.78, 5) is 29.4. The van der Waals surface area contributed by atoms with Crippen LogP contribution in [0.15, 0.2) is 0 Å². The zero-order valence-corrected chi connectivity index (χ0v) is 11.1. The molecule has 0 aromatic carbocycles. The second kappa shape index (κ2) is 5.88. The van der Waals surface area contributed by atoms with E-state index in [1.807, 2.05) is 0 Å². The lowest BCUT2D eigenvalue weighted by atomic mass is 10.3. The molecule has 2 N–H and O–H groups in total. The molecular weight excluding hydrogens is 238 g/mol. The van der Waals surface area contributed by atoms with E-state index in [-0.39, 0.29) is 11.7 Å². The molecule has 0 aliphatic rings. The third-order valence-corrected chi connectivity index (χ3v) is 3.70. The van der Waals surface area contributed by atoms with Gasteiger partial charge in [0.2, 0.25) is 5.91 Å². The van der Waals surface area contributed by atoms with Gasteiger partial charge in [-0.1, -0.05) is 11.3 Å². The smallest absolute Gasteiger partial charge is 0.228 e. The van der Waals surface area contributed by atoms with Gasteiger partial charge in [-0.2, -0.15) is 0 Å². The maximum Gasteiger partial charge on any atom is 0.228 e. The number of hydrogen-bond acceptors (Lipinski definition) is 5. The van der Waals surface area contributed by atoms with Crippen LogP contribution in [0, 0.1) is 6.92 Å². The number of hydrogen-bond donors (Lipinski definition) is 1. The van der Waals surface area contributed by atoms with E-state index in [1.54, 1.807) is 14.0 Å². The van der Waals surface area contributed by atoms with Gasteiger partial charge in [0.15, 0.2) is 10.9 Å². The first-order valence-electron chi connectivity index (χ1n) is 5.42. The molecule has 0 unspecified atom stereocenters. The summed E-state index contributed by atoms with van der Waals surface area (Å²) in [6, 6.07) is 0. The lowest BCUT2D eigenvalue weighted by Crippen LogP contribution is -2.26. The topological polar surface area (TPSA) is 76.3 Å². The van der Waals surface area contributed by atoms with Gasteiger partial charge < -0.3 is 5.73 Å². The van der Waals surface area contributed by atoms with Crippen LogP contribution in [0.3, 0.4) is 0 Å². The van der Waals surface area contributed by atoms with Crippen molar-refractivity contribution in [2.45, 2.75) is 26.7 Å². The number of aromatic nitrogens is 1. The Hall–Kier alpha value is -1.27. The number of nitrogens with zero attached hydrogens (tertiary/aromatic N) is 2. The third-order valence-electron chi connectivity index (χ3n) is 2.36. The van der Waals surface area contributed by atoms with Gasteiger partial charge in [0.25, 0.3) is 0 Å². The van der Waals surface area contributed by atoms with Gasteiger partial charge in [-0.05, 0) is 19.9 Å². The van der Waals surface area contributed by atoms with E-state index in [1.165, 1.54) is 23.2 Å². The van der Waals surface area contributed by atoms with Gasteiger partial charge >= 0.3 is 0 Å². The minimum Gasteiger partial charge on any atom is -0.330 e. The van der Waals surface area contributed by atoms with Crippen LogP contribution in [-0.2, 0) is 4.79 Å². The molecule has 5 nitrogen and oxygen atoms in total. The standard InChI is InChI=1S/C11H17N3O2S/c1-7-10(8(2)15)17-11(13-7)14(3)9(16)5-4-6-12/h4-6,12H2,1-3H3. The Morgan fingerprint density at radius 1 is 1.47 bits per heavy atom. The SMILES string of the molecule is CC(=O)c1sc(N(C)C(=O)CCCN)nc1C. The average molecular weight is 255 g/mol. The summed E-state index contributed by atoms with van der Waals surface area (Å²) >= 11 is 1.25. The number of carbonyl (C=O) groups excluding carboxylic acids is 2. The highest BCUT2D eigenvalue weighted by molar-refractivity contribution is 7.17. The van der Waals surface area contributed by atoms with E-state index in [2.05, 4.69) is 4.98 Å². The van der Waals surface area contributed by atoms with Crippen molar-refractivity contribution in [2.75, 3.05) is 18.5 Å². The molecule has 0 spiro atoms. The lowest BCUT2D eigenvalue weighted by Gasteiger charge is -2.12. The maximum atomic E-state index is 11.7. The lowest BCUT2D eigenvalue weighted by molar-refractivity contribution is -0.118. The summed E-state index contributed by atoms with van der Waals surface area (Å²) in [5.74, 6) is -0.0478. The normalized spacial score (nSPS) is 10.4. The van der Waals surface area contributed by atoms with Crippen molar-refractivity contribution in [1.29, 1.82) is 0 Å². The van der Waals surface area contributed by atoms with Crippen molar-refractivity contribution in [1.82, 2.24) is 4.98 Å². The van der Waals surface area contributed by atoms with Gasteiger partial charge in [-0.15, -0.1) is 0 Å². The summed E-state index contributed by atoms with van der Waals surface area (Å²) in [6.45, 7) is 3.77. The van der Waals surface area contributed by atoms with Crippen LogP contribution in [0.2, 0.25) is 0 Å². The van der Waals surface area contributed by atoms with Gasteiger partial charge in [0.1, 0.15) is 0 Å². The highest BCUT2D eigenvalue weighted by Crippen LogP contribution is 2.26. The number of nitrogens with two attached hydrogens (primary N) is 1. The zero-order valence-electron chi connectivity index (χ0n) is 10.3. The molecule has 1 amide bonds. The fourth-order valence-electron chi connectivity index (χ4n) is 1.38. The Bertz CT molecular complexity index is 428. The molecule has 0 aliphatic heterocycles. The second-order valence-electron chi connectivity index (χ2n) is 3.81. The summed E-state index contributed by atoms with van der Waals surface area (Å²) in [5, 5.41) is 0.565. The molecule has 0 fully saturated rings. The number of thiazole rings is 1. The number of amides is 1. The summed E-state index contributed by atoms with van der Waals surface area (Å²) in [7, 11) is 1.67. The van der Waals surface area contributed by atoms with E-state index >= 15 is 0 Å². The van der Waals surface area contributed by atoms with E-state index in [0.29, 0.717) is 35.1 Å². The van der Waals surface area contributed by atoms with E-state index in [4.69, 9.17) is 5.73 Å². The summed E-state index contributed by atoms with van der Waals surface area (Å²) < 4.78 is 0. The third kappa shape index (κ3) is 3.34. The molecule has 0 saturated heterocycles. The first kappa shape index (κ1) is 13.8. The number of carbonyl (C=O) groups is 2. The number of rotatable bonds is 5. The second-order valence-corrected chi connectivity index (χ2v) is 4.79. The van der Waals surface area contributed by atoms with Crippen molar-refractivity contribution >= 4 is 28.2 Å². The monoisotopic (exact) mass is 255 g/mol. The predicted octanol–water partition coefficient (Wildman–Crippen LogP) is 1.36. The number of ketones is 1. The minimum absolute atomic E-state index is 0.0194. The van der Waals surface area contributed by atoms with Crippen LogP contribution in [0.5, 0.6) is 0 Å². The van der Waals surface area contributed by atoms with Crippen molar-refractivity contribution in [3.63, 3.8) is 0 Å². The van der Waals surface area contributed by atoms with Gasteiger partial charge in [0, 0.05) is 20.4 Å². The van der Waals surface area contributed by atoms with Crippen LogP contribution in [0.4, 0.5) is 5.13 Å². The van der Waals surface area contributed by atoms with Crippen LogP contribution >= 0.6 is 11.3 Å². The molecule has 17 heavy (non-hydrogen) atoms. The molecule has 6 heteroatoms. The highest BCUT2D eigenvalue weighted by Gasteiger charge is 2.17. The summed E-state index contributed by atoms with van der Waals surface area (Å²) in [6.07, 6.45) is 1.06. The number of aryl methyl sites for hydroxylation is 1. The molecule has 1 aromatic heterocycles. The molecule has 1 aromatic rings. The Balaban J connectivity index is 2.82. The van der Waals surface area contributed by atoms with E-state index in [0.717, 1.165) is 0 Å². The molecule has 0 aliphatic carbocycles. The zero-order chi connectivity index (χ0) is 13.0. The quantitative estimate of drug-likeness (QED) is 0.806. The van der Waals surface area contributed by atoms with Crippen molar-refractivity contribution < 1.29 is 9.59 Å². The van der Waals surface area contributed by atoms with E-state index < -0.39 is 0 Å². The largest absolute Gasteiger partial charge is 0.330 e. The number of Topliss-reactive ketones (excluding diaryl/α,β-unsaturated/α-hetero) is 1. The molecular formula is C11H17N3O2S. The van der Waals surface area contributed by atoms with Gasteiger partial charge in [0.05, 0.1) is 10.6 Å².